The fraction of sp³-hybridized carbons (Fsp3) is 1.00. The normalized spacial score (nSPS) is 12.2. The summed E-state index contributed by atoms with van der Waals surface area (Å²) in [6.45, 7) is 12.4. The minimum Gasteiger partial charge on any atom is -1.00 e. The van der Waals surface area contributed by atoms with Gasteiger partial charge in [-0.3, -0.25) is 0 Å². The van der Waals surface area contributed by atoms with Gasteiger partial charge in [-0.1, -0.05) is 103 Å². The maximum Gasteiger partial charge on any atom is 0.0782 e. The smallest absolute Gasteiger partial charge is 0.0782 e. The van der Waals surface area contributed by atoms with Crippen LogP contribution in [-0.4, -0.2) is 39.7 Å². The van der Waals surface area contributed by atoms with E-state index in [1.54, 1.807) is 6.04 Å². The molecule has 0 saturated carbocycles. The van der Waals surface area contributed by atoms with Gasteiger partial charge >= 0.3 is 0 Å². The molecule has 0 N–H and O–H groups in total. The summed E-state index contributed by atoms with van der Waals surface area (Å²) >= 11 is 0. The highest BCUT2D eigenvalue weighted by atomic mass is 79.9. The van der Waals surface area contributed by atoms with Gasteiger partial charge in [0, 0.05) is 0 Å². The topological polar surface area (TPSA) is 0 Å². The van der Waals surface area contributed by atoms with E-state index in [1.165, 1.54) is 106 Å². The van der Waals surface area contributed by atoms with E-state index in [2.05, 4.69) is 41.8 Å². The van der Waals surface area contributed by atoms with Crippen molar-refractivity contribution in [2.75, 3.05) is 27.2 Å². The molecule has 0 rings (SSSR count). The fourth-order valence-corrected chi connectivity index (χ4v) is 7.77. The van der Waals surface area contributed by atoms with Crippen LogP contribution in [0.15, 0.2) is 0 Å². The minimum absolute atomic E-state index is 0. The van der Waals surface area contributed by atoms with Gasteiger partial charge in [0.2, 0.25) is 0 Å². The Bertz CT molecular complexity index is 282. The molecule has 0 aliphatic carbocycles. The number of rotatable bonds is 18. The van der Waals surface area contributed by atoms with E-state index in [9.17, 15) is 0 Å². The molecular formula is C23H52BrNSi. The Morgan fingerprint density at radius 1 is 0.538 bits per heavy atom. The average molecular weight is 451 g/mol. The SMILES string of the molecule is CCCCCCCCCCCC[N+](C)(C)CCC[Si](CC)(CC)CC.[Br-]. The Morgan fingerprint density at radius 2 is 0.923 bits per heavy atom. The van der Waals surface area contributed by atoms with E-state index < -0.39 is 8.07 Å². The van der Waals surface area contributed by atoms with Crippen LogP contribution < -0.4 is 17.0 Å². The summed E-state index contributed by atoms with van der Waals surface area (Å²) < 4.78 is 1.25. The summed E-state index contributed by atoms with van der Waals surface area (Å²) in [6.07, 6.45) is 16.0. The molecule has 0 aliphatic heterocycles. The van der Waals surface area contributed by atoms with Crippen molar-refractivity contribution in [3.63, 3.8) is 0 Å². The van der Waals surface area contributed by atoms with E-state index >= 15 is 0 Å². The summed E-state index contributed by atoms with van der Waals surface area (Å²) in [5, 5.41) is 0. The summed E-state index contributed by atoms with van der Waals surface area (Å²) in [6, 6.07) is 6.04. The number of halogens is 1. The van der Waals surface area contributed by atoms with Crippen LogP contribution in [0.1, 0.15) is 98.3 Å². The third kappa shape index (κ3) is 14.7. The van der Waals surface area contributed by atoms with E-state index in [0.717, 1.165) is 0 Å². The lowest BCUT2D eigenvalue weighted by molar-refractivity contribution is -0.890. The zero-order valence-corrected chi connectivity index (χ0v) is 21.9. The van der Waals surface area contributed by atoms with Crippen molar-refractivity contribution in [3.05, 3.63) is 0 Å². The van der Waals surface area contributed by atoms with Gasteiger partial charge in [-0.15, -0.1) is 0 Å². The number of quaternary nitrogens is 1. The summed E-state index contributed by atoms with van der Waals surface area (Å²) in [4.78, 5) is 0. The fourth-order valence-electron chi connectivity index (χ4n) is 4.30. The van der Waals surface area contributed by atoms with Crippen LogP contribution in [0.2, 0.25) is 24.2 Å². The second-order valence-corrected chi connectivity index (χ2v) is 14.9. The largest absolute Gasteiger partial charge is 1.00 e. The van der Waals surface area contributed by atoms with Crippen LogP contribution in [0, 0.1) is 0 Å². The van der Waals surface area contributed by atoms with Crippen molar-refractivity contribution < 1.29 is 21.5 Å². The van der Waals surface area contributed by atoms with Gasteiger partial charge in [-0.05, 0) is 19.3 Å². The van der Waals surface area contributed by atoms with Crippen molar-refractivity contribution in [1.29, 1.82) is 0 Å². The molecule has 0 bridgehead atoms. The molecule has 1 nitrogen and oxygen atoms in total. The molecule has 0 radical (unpaired) electrons. The predicted octanol–water partition coefficient (Wildman–Crippen LogP) is 4.89. The molecule has 0 aromatic heterocycles. The average Bonchev–Trinajstić information content (AvgIpc) is 2.60. The van der Waals surface area contributed by atoms with E-state index in [0.29, 0.717) is 0 Å². The van der Waals surface area contributed by atoms with Crippen molar-refractivity contribution in [2.24, 2.45) is 0 Å². The maximum atomic E-state index is 2.46. The van der Waals surface area contributed by atoms with E-state index in [-0.39, 0.29) is 17.0 Å². The Labute approximate surface area is 179 Å². The second-order valence-electron chi connectivity index (χ2n) is 9.23. The van der Waals surface area contributed by atoms with Gasteiger partial charge in [0.25, 0.3) is 0 Å². The summed E-state index contributed by atoms with van der Waals surface area (Å²) in [5.74, 6) is 0. The highest BCUT2D eigenvalue weighted by Crippen LogP contribution is 2.27. The van der Waals surface area contributed by atoms with Gasteiger partial charge in [0.15, 0.2) is 0 Å². The quantitative estimate of drug-likeness (QED) is 0.159. The number of hydrogen-bond acceptors (Lipinski definition) is 0. The Morgan fingerprint density at radius 3 is 1.35 bits per heavy atom. The van der Waals surface area contributed by atoms with Crippen LogP contribution in [0.5, 0.6) is 0 Å². The van der Waals surface area contributed by atoms with Crippen LogP contribution in [0.25, 0.3) is 0 Å². The number of nitrogens with zero attached hydrogens (tertiary/aromatic N) is 1. The lowest BCUT2D eigenvalue weighted by Gasteiger charge is -2.33. The molecule has 0 atom stereocenters. The maximum absolute atomic E-state index is 2.46. The molecule has 0 fully saturated rings. The van der Waals surface area contributed by atoms with Crippen LogP contribution in [0.3, 0.4) is 0 Å². The molecule has 3 heteroatoms. The highest BCUT2D eigenvalue weighted by molar-refractivity contribution is 6.79. The zero-order valence-electron chi connectivity index (χ0n) is 19.3. The first-order valence-corrected chi connectivity index (χ1v) is 14.6. The molecule has 0 heterocycles. The molecular weight excluding hydrogens is 398 g/mol. The molecule has 0 aromatic carbocycles. The van der Waals surface area contributed by atoms with Crippen molar-refractivity contribution in [1.82, 2.24) is 0 Å². The Balaban J connectivity index is 0. The molecule has 0 aliphatic rings. The molecule has 0 aromatic rings. The Hall–Kier alpha value is 0.657. The van der Waals surface area contributed by atoms with Crippen molar-refractivity contribution in [2.45, 2.75) is 123 Å². The second kappa shape index (κ2) is 17.7. The third-order valence-electron chi connectivity index (χ3n) is 6.84. The van der Waals surface area contributed by atoms with Crippen LogP contribution in [0.4, 0.5) is 0 Å². The first kappa shape index (κ1) is 28.9. The third-order valence-corrected chi connectivity index (χ3v) is 12.8. The van der Waals surface area contributed by atoms with Crippen LogP contribution >= 0.6 is 0 Å². The lowest BCUT2D eigenvalue weighted by atomic mass is 10.1. The molecule has 160 valence electrons. The molecule has 0 spiro atoms. The monoisotopic (exact) mass is 449 g/mol. The number of unbranched alkanes of at least 4 members (excludes halogenated alkanes) is 9. The van der Waals surface area contributed by atoms with Gasteiger partial charge in [0.05, 0.1) is 35.3 Å². The zero-order chi connectivity index (χ0) is 19.0. The lowest BCUT2D eigenvalue weighted by Crippen LogP contribution is -3.00. The molecule has 0 amide bonds. The summed E-state index contributed by atoms with van der Waals surface area (Å²) in [5.41, 5.74) is 0. The first-order chi connectivity index (χ1) is 11.9. The van der Waals surface area contributed by atoms with Crippen LogP contribution in [-0.2, 0) is 0 Å². The highest BCUT2D eigenvalue weighted by Gasteiger charge is 2.27. The van der Waals surface area contributed by atoms with Crippen molar-refractivity contribution >= 4 is 8.07 Å². The van der Waals surface area contributed by atoms with E-state index in [1.807, 2.05) is 0 Å². The number of hydrogen-bond donors (Lipinski definition) is 0. The molecule has 26 heavy (non-hydrogen) atoms. The molecule has 0 unspecified atom stereocenters. The first-order valence-electron chi connectivity index (χ1n) is 11.8. The predicted molar refractivity (Wildman–Crippen MR) is 120 cm³/mol. The molecule has 0 saturated heterocycles. The van der Waals surface area contributed by atoms with Gasteiger partial charge in [-0.2, -0.15) is 0 Å². The van der Waals surface area contributed by atoms with E-state index in [4.69, 9.17) is 0 Å². The Kier molecular flexibility index (Phi) is 19.7. The minimum atomic E-state index is -0.893. The standard InChI is InChI=1S/C23H52NSi.BrH/c1-7-11-12-13-14-15-16-17-18-19-21-24(5,6)22-20-23-25(8-2,9-3)10-4;/h7-23H2,1-6H3;1H/q+1;/p-1. The van der Waals surface area contributed by atoms with Gasteiger partial charge in [-0.25, -0.2) is 0 Å². The summed E-state index contributed by atoms with van der Waals surface area (Å²) in [7, 11) is 4.03. The van der Waals surface area contributed by atoms with Gasteiger partial charge in [0.1, 0.15) is 0 Å². The van der Waals surface area contributed by atoms with Gasteiger partial charge < -0.3 is 21.5 Å². The van der Waals surface area contributed by atoms with Crippen molar-refractivity contribution in [3.8, 4) is 0 Å².